The SMILES string of the molecule is COCCC(C)(C)CNC(C(C)C)C1CC1. The molecular weight excluding hydrogens is 198 g/mol. The number of hydrogen-bond acceptors (Lipinski definition) is 2. The Morgan fingerprint density at radius 2 is 1.94 bits per heavy atom. The molecular formula is C14H29NO. The van der Waals surface area contributed by atoms with Crippen LogP contribution in [-0.4, -0.2) is 26.3 Å². The highest BCUT2D eigenvalue weighted by Gasteiger charge is 2.33. The van der Waals surface area contributed by atoms with Crippen LogP contribution in [0.15, 0.2) is 0 Å². The van der Waals surface area contributed by atoms with Crippen LogP contribution < -0.4 is 5.32 Å². The monoisotopic (exact) mass is 227 g/mol. The molecule has 1 N–H and O–H groups in total. The van der Waals surface area contributed by atoms with Gasteiger partial charge < -0.3 is 10.1 Å². The first kappa shape index (κ1) is 14.0. The quantitative estimate of drug-likeness (QED) is 0.688. The average molecular weight is 227 g/mol. The second-order valence-corrected chi connectivity index (χ2v) is 6.40. The molecule has 1 fully saturated rings. The van der Waals surface area contributed by atoms with Gasteiger partial charge in [-0.2, -0.15) is 0 Å². The lowest BCUT2D eigenvalue weighted by atomic mass is 9.88. The molecule has 1 unspecified atom stereocenters. The van der Waals surface area contributed by atoms with E-state index in [2.05, 4.69) is 33.0 Å². The minimum Gasteiger partial charge on any atom is -0.385 e. The maximum Gasteiger partial charge on any atom is 0.0467 e. The predicted molar refractivity (Wildman–Crippen MR) is 69.6 cm³/mol. The molecule has 1 saturated carbocycles. The van der Waals surface area contributed by atoms with Crippen molar-refractivity contribution in [2.24, 2.45) is 17.3 Å². The van der Waals surface area contributed by atoms with Crippen LogP contribution in [0.2, 0.25) is 0 Å². The molecule has 2 nitrogen and oxygen atoms in total. The molecule has 2 heteroatoms. The van der Waals surface area contributed by atoms with Gasteiger partial charge in [0.2, 0.25) is 0 Å². The van der Waals surface area contributed by atoms with Gasteiger partial charge in [-0.25, -0.2) is 0 Å². The summed E-state index contributed by atoms with van der Waals surface area (Å²) in [4.78, 5) is 0. The molecule has 1 aliphatic rings. The summed E-state index contributed by atoms with van der Waals surface area (Å²) in [5.41, 5.74) is 0.345. The third-order valence-electron chi connectivity index (χ3n) is 3.65. The molecule has 96 valence electrons. The summed E-state index contributed by atoms with van der Waals surface area (Å²) >= 11 is 0. The van der Waals surface area contributed by atoms with E-state index >= 15 is 0 Å². The van der Waals surface area contributed by atoms with E-state index in [-0.39, 0.29) is 0 Å². The van der Waals surface area contributed by atoms with E-state index in [0.29, 0.717) is 5.41 Å². The van der Waals surface area contributed by atoms with E-state index in [1.54, 1.807) is 7.11 Å². The Bertz CT molecular complexity index is 195. The molecule has 0 spiro atoms. The Kier molecular flexibility index (Phi) is 5.26. The zero-order valence-electron chi connectivity index (χ0n) is 11.7. The fourth-order valence-electron chi connectivity index (χ4n) is 2.26. The summed E-state index contributed by atoms with van der Waals surface area (Å²) < 4.78 is 5.16. The fraction of sp³-hybridized carbons (Fsp3) is 1.00. The lowest BCUT2D eigenvalue weighted by Gasteiger charge is -2.30. The summed E-state index contributed by atoms with van der Waals surface area (Å²) in [7, 11) is 1.78. The molecule has 0 bridgehead atoms. The second-order valence-electron chi connectivity index (χ2n) is 6.40. The van der Waals surface area contributed by atoms with Gasteiger partial charge in [0, 0.05) is 26.3 Å². The fourth-order valence-corrected chi connectivity index (χ4v) is 2.26. The first-order chi connectivity index (χ1) is 7.46. The van der Waals surface area contributed by atoms with Crippen molar-refractivity contribution in [2.75, 3.05) is 20.3 Å². The van der Waals surface area contributed by atoms with Gasteiger partial charge in [0.05, 0.1) is 0 Å². The van der Waals surface area contributed by atoms with Crippen molar-refractivity contribution in [3.63, 3.8) is 0 Å². The molecule has 0 aromatic rings. The first-order valence-corrected chi connectivity index (χ1v) is 6.68. The Morgan fingerprint density at radius 1 is 1.31 bits per heavy atom. The molecule has 0 radical (unpaired) electrons. The van der Waals surface area contributed by atoms with E-state index in [1.807, 2.05) is 0 Å². The number of ether oxygens (including phenoxy) is 1. The highest BCUT2D eigenvalue weighted by atomic mass is 16.5. The van der Waals surface area contributed by atoms with Crippen molar-refractivity contribution < 1.29 is 4.74 Å². The van der Waals surface area contributed by atoms with Crippen LogP contribution in [0.25, 0.3) is 0 Å². The highest BCUT2D eigenvalue weighted by molar-refractivity contribution is 4.89. The van der Waals surface area contributed by atoms with Crippen LogP contribution in [0.1, 0.15) is 47.0 Å². The van der Waals surface area contributed by atoms with Gasteiger partial charge in [-0.1, -0.05) is 27.7 Å². The molecule has 0 aliphatic heterocycles. The topological polar surface area (TPSA) is 21.3 Å². The number of nitrogens with one attached hydrogen (secondary N) is 1. The van der Waals surface area contributed by atoms with Crippen molar-refractivity contribution >= 4 is 0 Å². The Balaban J connectivity index is 2.29. The largest absolute Gasteiger partial charge is 0.385 e. The minimum absolute atomic E-state index is 0.345. The molecule has 1 atom stereocenters. The van der Waals surface area contributed by atoms with Gasteiger partial charge in [-0.05, 0) is 36.5 Å². The van der Waals surface area contributed by atoms with Gasteiger partial charge in [0.15, 0.2) is 0 Å². The zero-order chi connectivity index (χ0) is 12.2. The first-order valence-electron chi connectivity index (χ1n) is 6.68. The van der Waals surface area contributed by atoms with Crippen LogP contribution in [-0.2, 0) is 4.74 Å². The highest BCUT2D eigenvalue weighted by Crippen LogP contribution is 2.36. The molecule has 0 amide bonds. The molecule has 0 saturated heterocycles. The average Bonchev–Trinajstić information content (AvgIpc) is 2.98. The van der Waals surface area contributed by atoms with Gasteiger partial charge in [-0.3, -0.25) is 0 Å². The number of rotatable bonds is 8. The zero-order valence-corrected chi connectivity index (χ0v) is 11.7. The normalized spacial score (nSPS) is 19.1. The van der Waals surface area contributed by atoms with Crippen LogP contribution in [0.5, 0.6) is 0 Å². The summed E-state index contributed by atoms with van der Waals surface area (Å²) in [6.45, 7) is 11.3. The van der Waals surface area contributed by atoms with Crippen LogP contribution in [0.4, 0.5) is 0 Å². The third-order valence-corrected chi connectivity index (χ3v) is 3.65. The Hall–Kier alpha value is -0.0800. The lowest BCUT2D eigenvalue weighted by Crippen LogP contribution is -2.41. The summed E-state index contributed by atoms with van der Waals surface area (Å²) in [6, 6.07) is 0.724. The smallest absolute Gasteiger partial charge is 0.0467 e. The standard InChI is InChI=1S/C14H29NO/c1-11(2)13(12-6-7-12)15-10-14(3,4)8-9-16-5/h11-13,15H,6-10H2,1-5H3. The molecule has 0 aromatic carbocycles. The lowest BCUT2D eigenvalue weighted by molar-refractivity contribution is 0.146. The van der Waals surface area contributed by atoms with Crippen LogP contribution in [0, 0.1) is 17.3 Å². The van der Waals surface area contributed by atoms with E-state index < -0.39 is 0 Å². The van der Waals surface area contributed by atoms with Crippen molar-refractivity contribution in [1.29, 1.82) is 0 Å². The molecule has 0 heterocycles. The maximum atomic E-state index is 5.16. The van der Waals surface area contributed by atoms with Crippen molar-refractivity contribution in [3.05, 3.63) is 0 Å². The summed E-state index contributed by atoms with van der Waals surface area (Å²) in [6.07, 6.45) is 3.98. The second kappa shape index (κ2) is 6.02. The molecule has 1 rings (SSSR count). The van der Waals surface area contributed by atoms with E-state index in [1.165, 1.54) is 12.8 Å². The van der Waals surface area contributed by atoms with Gasteiger partial charge in [-0.15, -0.1) is 0 Å². The summed E-state index contributed by atoms with van der Waals surface area (Å²) in [5.74, 6) is 1.70. The van der Waals surface area contributed by atoms with Crippen LogP contribution in [0.3, 0.4) is 0 Å². The summed E-state index contributed by atoms with van der Waals surface area (Å²) in [5, 5.41) is 3.77. The number of hydrogen-bond donors (Lipinski definition) is 1. The van der Waals surface area contributed by atoms with E-state index in [4.69, 9.17) is 4.74 Å². The van der Waals surface area contributed by atoms with Crippen molar-refractivity contribution in [2.45, 2.75) is 53.0 Å². The van der Waals surface area contributed by atoms with Gasteiger partial charge in [0.1, 0.15) is 0 Å². The third kappa shape index (κ3) is 4.84. The van der Waals surface area contributed by atoms with Gasteiger partial charge in [0.25, 0.3) is 0 Å². The van der Waals surface area contributed by atoms with Crippen molar-refractivity contribution in [3.8, 4) is 0 Å². The van der Waals surface area contributed by atoms with E-state index in [9.17, 15) is 0 Å². The van der Waals surface area contributed by atoms with Crippen molar-refractivity contribution in [1.82, 2.24) is 5.32 Å². The van der Waals surface area contributed by atoms with Crippen LogP contribution >= 0.6 is 0 Å². The number of methoxy groups -OCH3 is 1. The predicted octanol–water partition coefficient (Wildman–Crippen LogP) is 3.07. The van der Waals surface area contributed by atoms with Gasteiger partial charge >= 0.3 is 0 Å². The Morgan fingerprint density at radius 3 is 2.38 bits per heavy atom. The van der Waals surface area contributed by atoms with E-state index in [0.717, 1.165) is 37.5 Å². The minimum atomic E-state index is 0.345. The molecule has 16 heavy (non-hydrogen) atoms. The molecule has 0 aromatic heterocycles. The molecule has 1 aliphatic carbocycles. The Labute approximate surface area is 101 Å². The maximum absolute atomic E-state index is 5.16.